The number of hydrogen-bond donors (Lipinski definition) is 0. The van der Waals surface area contributed by atoms with Crippen LogP contribution in [0.25, 0.3) is 11.1 Å². The molecule has 0 bridgehead atoms. The fourth-order valence-corrected chi connectivity index (χ4v) is 6.28. The number of benzene rings is 4. The van der Waals surface area contributed by atoms with Crippen molar-refractivity contribution in [1.82, 2.24) is 0 Å². The lowest BCUT2D eigenvalue weighted by molar-refractivity contribution is -0.162. The summed E-state index contributed by atoms with van der Waals surface area (Å²) in [5.74, 6) is 0.943. The van der Waals surface area contributed by atoms with Gasteiger partial charge in [0.15, 0.2) is 6.29 Å². The van der Waals surface area contributed by atoms with E-state index in [1.54, 1.807) is 72.8 Å². The van der Waals surface area contributed by atoms with E-state index < -0.39 is 17.9 Å². The van der Waals surface area contributed by atoms with Gasteiger partial charge >= 0.3 is 17.9 Å². The number of unbranched alkanes of at least 4 members (excludes halogenated alkanes) is 8. The molecule has 58 heavy (non-hydrogen) atoms. The van der Waals surface area contributed by atoms with Crippen LogP contribution >= 0.6 is 0 Å². The molecule has 1 fully saturated rings. The summed E-state index contributed by atoms with van der Waals surface area (Å²) in [5.41, 5.74) is 2.68. The van der Waals surface area contributed by atoms with Crippen LogP contribution in [0.15, 0.2) is 110 Å². The van der Waals surface area contributed by atoms with E-state index in [2.05, 4.69) is 6.58 Å². The molecule has 4 aromatic carbocycles. The predicted molar refractivity (Wildman–Crippen MR) is 223 cm³/mol. The number of rotatable bonds is 25. The molecule has 10 nitrogen and oxygen atoms in total. The molecule has 0 aliphatic carbocycles. The van der Waals surface area contributed by atoms with Crippen molar-refractivity contribution in [3.05, 3.63) is 121 Å². The van der Waals surface area contributed by atoms with Gasteiger partial charge in [-0.3, -0.25) is 0 Å². The second-order valence-corrected chi connectivity index (χ2v) is 14.1. The zero-order valence-corrected chi connectivity index (χ0v) is 33.4. The molecule has 308 valence electrons. The summed E-state index contributed by atoms with van der Waals surface area (Å²) >= 11 is 0. The second kappa shape index (κ2) is 25.0. The van der Waals surface area contributed by atoms with E-state index in [-0.39, 0.29) is 6.29 Å². The van der Waals surface area contributed by atoms with E-state index in [0.717, 1.165) is 94.0 Å². The van der Waals surface area contributed by atoms with E-state index in [1.807, 2.05) is 24.3 Å². The van der Waals surface area contributed by atoms with E-state index >= 15 is 0 Å². The van der Waals surface area contributed by atoms with Gasteiger partial charge in [0, 0.05) is 19.3 Å². The van der Waals surface area contributed by atoms with Gasteiger partial charge in [-0.1, -0.05) is 56.5 Å². The minimum absolute atomic E-state index is 0.00726. The van der Waals surface area contributed by atoms with Gasteiger partial charge in [0.1, 0.15) is 23.0 Å². The lowest BCUT2D eigenvalue weighted by atomic mass is 10.1. The minimum atomic E-state index is -0.468. The standard InChI is InChI=1S/C48H56O10/c1-2-45(49)54-34-12-8-7-11-33-53-42-26-22-40(23-27-42)48(51)58-44-30-18-38(19-31-44)37-16-28-43(29-17-37)57-47(50)39-20-24-41(25-21-39)52-32-10-5-3-4-6-13-35-55-46-15-9-14-36-56-46/h2,16-31,46H,1,3-15,32-36H2. The number of hydrogen-bond acceptors (Lipinski definition) is 10. The van der Waals surface area contributed by atoms with Crippen LogP contribution in [0.1, 0.15) is 104 Å². The Morgan fingerprint density at radius 1 is 0.534 bits per heavy atom. The SMILES string of the molecule is C=CC(=O)OCCCCCCOc1ccc(C(=O)Oc2ccc(-c3ccc(OC(=O)c4ccc(OCCCCCCCCOC5CCCCO5)cc4)cc3)cc2)cc1. The summed E-state index contributed by atoms with van der Waals surface area (Å²) in [5, 5.41) is 0. The zero-order chi connectivity index (χ0) is 40.6. The Kier molecular flexibility index (Phi) is 18.8. The molecule has 1 heterocycles. The highest BCUT2D eigenvalue weighted by molar-refractivity contribution is 5.92. The summed E-state index contributed by atoms with van der Waals surface area (Å²) < 4.78 is 39.2. The Balaban J connectivity index is 0.938. The zero-order valence-electron chi connectivity index (χ0n) is 33.4. The van der Waals surface area contributed by atoms with Crippen molar-refractivity contribution in [2.24, 2.45) is 0 Å². The first-order chi connectivity index (χ1) is 28.5. The van der Waals surface area contributed by atoms with Gasteiger partial charge < -0.3 is 33.2 Å². The van der Waals surface area contributed by atoms with Gasteiger partial charge in [-0.25, -0.2) is 14.4 Å². The lowest BCUT2D eigenvalue weighted by Gasteiger charge is -2.22. The van der Waals surface area contributed by atoms with Gasteiger partial charge in [-0.15, -0.1) is 0 Å². The molecule has 0 spiro atoms. The van der Waals surface area contributed by atoms with Crippen molar-refractivity contribution < 1.29 is 47.5 Å². The molecular formula is C48H56O10. The molecule has 0 radical (unpaired) electrons. The van der Waals surface area contributed by atoms with Crippen LogP contribution in [-0.2, 0) is 19.0 Å². The number of ether oxygens (including phenoxy) is 7. The lowest BCUT2D eigenvalue weighted by Crippen LogP contribution is -2.22. The third kappa shape index (κ3) is 15.8. The first-order valence-corrected chi connectivity index (χ1v) is 20.6. The Hall–Kier alpha value is -5.45. The molecular weight excluding hydrogens is 737 g/mol. The molecule has 4 aromatic rings. The summed E-state index contributed by atoms with van der Waals surface area (Å²) in [6.07, 6.45) is 14.8. The molecule has 1 aliphatic heterocycles. The van der Waals surface area contributed by atoms with Crippen LogP contribution in [-0.4, -0.2) is 57.2 Å². The van der Waals surface area contributed by atoms with E-state index in [0.29, 0.717) is 48.2 Å². The van der Waals surface area contributed by atoms with Crippen molar-refractivity contribution in [3.8, 4) is 34.1 Å². The summed E-state index contributed by atoms with van der Waals surface area (Å²) in [7, 11) is 0. The summed E-state index contributed by atoms with van der Waals surface area (Å²) in [4.78, 5) is 36.6. The van der Waals surface area contributed by atoms with Gasteiger partial charge in [-0.2, -0.15) is 0 Å². The van der Waals surface area contributed by atoms with Gasteiger partial charge in [-0.05, 0) is 142 Å². The van der Waals surface area contributed by atoms with E-state index in [4.69, 9.17) is 33.2 Å². The third-order valence-electron chi connectivity index (χ3n) is 9.61. The average Bonchev–Trinajstić information content (AvgIpc) is 3.26. The molecule has 1 saturated heterocycles. The van der Waals surface area contributed by atoms with Crippen LogP contribution < -0.4 is 18.9 Å². The maximum absolute atomic E-state index is 12.8. The molecule has 0 saturated carbocycles. The summed E-state index contributed by atoms with van der Waals surface area (Å²) in [6.45, 7) is 6.57. The number of carbonyl (C=O) groups excluding carboxylic acids is 3. The maximum atomic E-state index is 12.8. The van der Waals surface area contributed by atoms with Crippen molar-refractivity contribution >= 4 is 17.9 Å². The number of carbonyl (C=O) groups is 3. The quantitative estimate of drug-likeness (QED) is 0.0278. The van der Waals surface area contributed by atoms with Gasteiger partial charge in [0.05, 0.1) is 30.9 Å². The van der Waals surface area contributed by atoms with Gasteiger partial charge in [0.2, 0.25) is 0 Å². The average molecular weight is 793 g/mol. The highest BCUT2D eigenvalue weighted by atomic mass is 16.7. The molecule has 0 amide bonds. The monoisotopic (exact) mass is 792 g/mol. The van der Waals surface area contributed by atoms with Crippen molar-refractivity contribution in [3.63, 3.8) is 0 Å². The van der Waals surface area contributed by atoms with E-state index in [9.17, 15) is 14.4 Å². The first-order valence-electron chi connectivity index (χ1n) is 20.6. The molecule has 10 heteroatoms. The molecule has 1 aliphatic rings. The van der Waals surface area contributed by atoms with Crippen molar-refractivity contribution in [1.29, 1.82) is 0 Å². The Morgan fingerprint density at radius 3 is 1.41 bits per heavy atom. The third-order valence-corrected chi connectivity index (χ3v) is 9.61. The normalized spacial score (nSPS) is 13.6. The van der Waals surface area contributed by atoms with Crippen molar-refractivity contribution in [2.45, 2.75) is 89.8 Å². The Labute approximate surface area is 342 Å². The Morgan fingerprint density at radius 2 is 0.966 bits per heavy atom. The van der Waals surface area contributed by atoms with Gasteiger partial charge in [0.25, 0.3) is 0 Å². The molecule has 0 N–H and O–H groups in total. The van der Waals surface area contributed by atoms with Crippen LogP contribution in [0.4, 0.5) is 0 Å². The topological polar surface area (TPSA) is 116 Å². The van der Waals surface area contributed by atoms with Crippen LogP contribution in [0.2, 0.25) is 0 Å². The van der Waals surface area contributed by atoms with Crippen molar-refractivity contribution in [2.75, 3.05) is 33.0 Å². The first kappa shape index (κ1) is 43.7. The Bertz CT molecular complexity index is 1810. The largest absolute Gasteiger partial charge is 0.494 e. The highest BCUT2D eigenvalue weighted by Crippen LogP contribution is 2.26. The molecule has 0 aromatic heterocycles. The second-order valence-electron chi connectivity index (χ2n) is 14.1. The smallest absolute Gasteiger partial charge is 0.343 e. The molecule has 1 unspecified atom stereocenters. The molecule has 5 rings (SSSR count). The minimum Gasteiger partial charge on any atom is -0.494 e. The highest BCUT2D eigenvalue weighted by Gasteiger charge is 2.14. The number of esters is 3. The molecule has 1 atom stereocenters. The fraction of sp³-hybridized carbons (Fsp3) is 0.396. The maximum Gasteiger partial charge on any atom is 0.343 e. The van der Waals surface area contributed by atoms with E-state index in [1.165, 1.54) is 25.7 Å². The summed E-state index contributed by atoms with van der Waals surface area (Å²) in [6, 6.07) is 28.3. The van der Waals surface area contributed by atoms with Crippen LogP contribution in [0.5, 0.6) is 23.0 Å². The predicted octanol–water partition coefficient (Wildman–Crippen LogP) is 10.7. The van der Waals surface area contributed by atoms with Crippen LogP contribution in [0.3, 0.4) is 0 Å². The fourth-order valence-electron chi connectivity index (χ4n) is 6.28. The van der Waals surface area contributed by atoms with Crippen LogP contribution in [0, 0.1) is 0 Å².